The Morgan fingerprint density at radius 2 is 2.00 bits per heavy atom. The van der Waals surface area contributed by atoms with Gasteiger partial charge in [-0.1, -0.05) is 31.5 Å². The molecule has 0 unspecified atom stereocenters. The molecule has 15 heavy (non-hydrogen) atoms. The Kier molecular flexibility index (Phi) is 2.54. The van der Waals surface area contributed by atoms with Gasteiger partial charge in [0.1, 0.15) is 0 Å². The largest absolute Gasteiger partial charge is 0.420 e. The molecule has 1 aromatic carbocycles. The fourth-order valence-electron chi connectivity index (χ4n) is 1.36. The highest BCUT2D eigenvalue weighted by atomic mass is 16.4. The van der Waals surface area contributed by atoms with Gasteiger partial charge in [-0.15, -0.1) is 10.2 Å². The Bertz CT molecular complexity index is 460. The molecule has 0 aliphatic carbocycles. The number of aromatic nitrogens is 2. The highest BCUT2D eigenvalue weighted by molar-refractivity contribution is 5.53. The molecule has 3 heteroatoms. The van der Waals surface area contributed by atoms with Gasteiger partial charge in [0.05, 0.1) is 0 Å². The SMILES string of the molecule is Cc1cccc(-c2nnc(C(C)C)o2)c1. The van der Waals surface area contributed by atoms with E-state index in [1.165, 1.54) is 5.56 Å². The maximum absolute atomic E-state index is 5.56. The molecular formula is C12H14N2O. The van der Waals surface area contributed by atoms with Crippen molar-refractivity contribution in [2.24, 2.45) is 0 Å². The summed E-state index contributed by atoms with van der Waals surface area (Å²) in [5, 5.41) is 8.04. The van der Waals surface area contributed by atoms with Crippen LogP contribution < -0.4 is 0 Å². The average Bonchev–Trinajstić information content (AvgIpc) is 2.66. The fraction of sp³-hybridized carbons (Fsp3) is 0.333. The topological polar surface area (TPSA) is 38.9 Å². The predicted octanol–water partition coefficient (Wildman–Crippen LogP) is 3.17. The molecule has 0 N–H and O–H groups in total. The lowest BCUT2D eigenvalue weighted by molar-refractivity contribution is 0.481. The first-order valence-corrected chi connectivity index (χ1v) is 5.07. The Balaban J connectivity index is 2.37. The van der Waals surface area contributed by atoms with Gasteiger partial charge < -0.3 is 4.42 Å². The van der Waals surface area contributed by atoms with Crippen LogP contribution in [0, 0.1) is 6.92 Å². The summed E-state index contributed by atoms with van der Waals surface area (Å²) in [7, 11) is 0. The van der Waals surface area contributed by atoms with Gasteiger partial charge in [-0.05, 0) is 19.1 Å². The summed E-state index contributed by atoms with van der Waals surface area (Å²) in [6, 6.07) is 8.05. The third-order valence-electron chi connectivity index (χ3n) is 2.20. The molecule has 0 aliphatic heterocycles. The van der Waals surface area contributed by atoms with E-state index in [1.807, 2.05) is 45.0 Å². The molecule has 3 nitrogen and oxygen atoms in total. The first kappa shape index (κ1) is 9.90. The Labute approximate surface area is 89.2 Å². The monoisotopic (exact) mass is 202 g/mol. The second-order valence-electron chi connectivity index (χ2n) is 3.97. The number of benzene rings is 1. The lowest BCUT2D eigenvalue weighted by atomic mass is 10.1. The second kappa shape index (κ2) is 3.85. The molecule has 0 radical (unpaired) electrons. The van der Waals surface area contributed by atoms with E-state index in [9.17, 15) is 0 Å². The van der Waals surface area contributed by atoms with Gasteiger partial charge in [-0.3, -0.25) is 0 Å². The standard InChI is InChI=1S/C12H14N2O/c1-8(2)11-13-14-12(15-11)10-6-4-5-9(3)7-10/h4-8H,1-3H3. The van der Waals surface area contributed by atoms with E-state index in [2.05, 4.69) is 10.2 Å². The van der Waals surface area contributed by atoms with Gasteiger partial charge in [-0.2, -0.15) is 0 Å². The summed E-state index contributed by atoms with van der Waals surface area (Å²) in [6.07, 6.45) is 0. The van der Waals surface area contributed by atoms with Gasteiger partial charge in [0.15, 0.2) is 0 Å². The van der Waals surface area contributed by atoms with Gasteiger partial charge >= 0.3 is 0 Å². The lowest BCUT2D eigenvalue weighted by Gasteiger charge is -1.97. The van der Waals surface area contributed by atoms with Crippen LogP contribution in [0.3, 0.4) is 0 Å². The van der Waals surface area contributed by atoms with Crippen LogP contribution in [0.25, 0.3) is 11.5 Å². The molecule has 2 rings (SSSR count). The fourth-order valence-corrected chi connectivity index (χ4v) is 1.36. The Morgan fingerprint density at radius 3 is 2.60 bits per heavy atom. The summed E-state index contributed by atoms with van der Waals surface area (Å²) in [4.78, 5) is 0. The van der Waals surface area contributed by atoms with Crippen LogP contribution in [0.4, 0.5) is 0 Å². The van der Waals surface area contributed by atoms with E-state index in [-0.39, 0.29) is 5.92 Å². The summed E-state index contributed by atoms with van der Waals surface area (Å²) >= 11 is 0. The average molecular weight is 202 g/mol. The van der Waals surface area contributed by atoms with Gasteiger partial charge in [-0.25, -0.2) is 0 Å². The zero-order chi connectivity index (χ0) is 10.8. The minimum Gasteiger partial charge on any atom is -0.420 e. The number of nitrogens with zero attached hydrogens (tertiary/aromatic N) is 2. The highest BCUT2D eigenvalue weighted by Gasteiger charge is 2.10. The van der Waals surface area contributed by atoms with Crippen LogP contribution >= 0.6 is 0 Å². The molecule has 0 spiro atoms. The van der Waals surface area contributed by atoms with Gasteiger partial charge in [0, 0.05) is 11.5 Å². The van der Waals surface area contributed by atoms with Crippen LogP contribution in [0.15, 0.2) is 28.7 Å². The molecule has 2 aromatic rings. The molecule has 0 saturated carbocycles. The minimum atomic E-state index is 0.274. The lowest BCUT2D eigenvalue weighted by Crippen LogP contribution is -1.85. The number of hydrogen-bond donors (Lipinski definition) is 0. The van der Waals surface area contributed by atoms with Crippen LogP contribution in [0.1, 0.15) is 31.2 Å². The van der Waals surface area contributed by atoms with E-state index in [4.69, 9.17) is 4.42 Å². The minimum absolute atomic E-state index is 0.274. The second-order valence-corrected chi connectivity index (χ2v) is 3.97. The molecule has 0 fully saturated rings. The van der Waals surface area contributed by atoms with Crippen molar-refractivity contribution in [3.05, 3.63) is 35.7 Å². The van der Waals surface area contributed by atoms with Gasteiger partial charge in [0.25, 0.3) is 0 Å². The van der Waals surface area contributed by atoms with E-state index in [0.717, 1.165) is 5.56 Å². The summed E-state index contributed by atoms with van der Waals surface area (Å²) in [6.45, 7) is 6.12. The van der Waals surface area contributed by atoms with Crippen molar-refractivity contribution in [1.82, 2.24) is 10.2 Å². The van der Waals surface area contributed by atoms with Crippen LogP contribution in [0.2, 0.25) is 0 Å². The molecule has 1 aromatic heterocycles. The maximum atomic E-state index is 5.56. The molecule has 1 heterocycles. The van der Waals surface area contributed by atoms with Crippen molar-refractivity contribution in [2.75, 3.05) is 0 Å². The zero-order valence-corrected chi connectivity index (χ0v) is 9.19. The van der Waals surface area contributed by atoms with E-state index in [0.29, 0.717) is 11.8 Å². The molecule has 0 saturated heterocycles. The molecular weight excluding hydrogens is 188 g/mol. The molecule has 0 aliphatic rings. The molecule has 78 valence electrons. The van der Waals surface area contributed by atoms with E-state index >= 15 is 0 Å². The van der Waals surface area contributed by atoms with Crippen LogP contribution in [-0.4, -0.2) is 10.2 Å². The zero-order valence-electron chi connectivity index (χ0n) is 9.19. The van der Waals surface area contributed by atoms with E-state index in [1.54, 1.807) is 0 Å². The van der Waals surface area contributed by atoms with Gasteiger partial charge in [0.2, 0.25) is 11.8 Å². The molecule has 0 amide bonds. The van der Waals surface area contributed by atoms with Crippen molar-refractivity contribution in [3.63, 3.8) is 0 Å². The molecule has 0 bridgehead atoms. The summed E-state index contributed by atoms with van der Waals surface area (Å²) in [5.41, 5.74) is 2.17. The van der Waals surface area contributed by atoms with Crippen LogP contribution in [-0.2, 0) is 0 Å². The third kappa shape index (κ3) is 2.06. The van der Waals surface area contributed by atoms with Crippen molar-refractivity contribution in [2.45, 2.75) is 26.7 Å². The predicted molar refractivity (Wildman–Crippen MR) is 58.6 cm³/mol. The first-order valence-electron chi connectivity index (χ1n) is 5.07. The number of hydrogen-bond acceptors (Lipinski definition) is 3. The van der Waals surface area contributed by atoms with E-state index < -0.39 is 0 Å². The third-order valence-corrected chi connectivity index (χ3v) is 2.20. The quantitative estimate of drug-likeness (QED) is 0.750. The van der Waals surface area contributed by atoms with Crippen LogP contribution in [0.5, 0.6) is 0 Å². The normalized spacial score (nSPS) is 10.9. The highest BCUT2D eigenvalue weighted by Crippen LogP contribution is 2.21. The Morgan fingerprint density at radius 1 is 1.20 bits per heavy atom. The summed E-state index contributed by atoms with van der Waals surface area (Å²) < 4.78 is 5.56. The summed E-state index contributed by atoms with van der Waals surface area (Å²) in [5.74, 6) is 1.56. The maximum Gasteiger partial charge on any atom is 0.247 e. The first-order chi connectivity index (χ1) is 7.16. The number of aryl methyl sites for hydroxylation is 1. The smallest absolute Gasteiger partial charge is 0.247 e. The van der Waals surface area contributed by atoms with Crippen molar-refractivity contribution in [3.8, 4) is 11.5 Å². The van der Waals surface area contributed by atoms with Crippen molar-refractivity contribution >= 4 is 0 Å². The van der Waals surface area contributed by atoms with Crippen molar-refractivity contribution in [1.29, 1.82) is 0 Å². The molecule has 0 atom stereocenters. The number of rotatable bonds is 2. The Hall–Kier alpha value is -1.64. The van der Waals surface area contributed by atoms with Crippen molar-refractivity contribution < 1.29 is 4.42 Å².